The Balaban J connectivity index is 1.33. The lowest BCUT2D eigenvalue weighted by molar-refractivity contribution is -0.145. The van der Waals surface area contributed by atoms with E-state index in [0.717, 1.165) is 21.1 Å². The summed E-state index contributed by atoms with van der Waals surface area (Å²) in [7, 11) is -3.95. The van der Waals surface area contributed by atoms with Crippen LogP contribution in [-0.2, 0) is 33.9 Å². The lowest BCUT2D eigenvalue weighted by Crippen LogP contribution is -2.50. The summed E-state index contributed by atoms with van der Waals surface area (Å²) in [5.74, 6) is -0.989. The van der Waals surface area contributed by atoms with Crippen LogP contribution in [0.2, 0.25) is 0 Å². The van der Waals surface area contributed by atoms with Gasteiger partial charge >= 0.3 is 6.18 Å². The third-order valence-corrected chi connectivity index (χ3v) is 9.52. The van der Waals surface area contributed by atoms with Crippen molar-refractivity contribution in [2.75, 3.05) is 19.8 Å². The molecule has 10 nitrogen and oxygen atoms in total. The zero-order valence-electron chi connectivity index (χ0n) is 22.3. The maximum Gasteiger partial charge on any atom is 0.452 e. The zero-order valence-corrected chi connectivity index (χ0v) is 23.2. The van der Waals surface area contributed by atoms with Gasteiger partial charge in [0.15, 0.2) is 5.65 Å². The highest BCUT2D eigenvalue weighted by Gasteiger charge is 2.45. The van der Waals surface area contributed by atoms with Crippen LogP contribution in [0.25, 0.3) is 5.65 Å². The molecule has 1 spiro atoms. The molecule has 14 heteroatoms. The number of fused-ring (bicyclic) bond motifs is 2. The number of alkyl halides is 3. The van der Waals surface area contributed by atoms with Gasteiger partial charge in [-0.15, -0.1) is 10.2 Å². The van der Waals surface area contributed by atoms with Gasteiger partial charge in [-0.2, -0.15) is 17.5 Å². The number of rotatable bonds is 4. The number of halogens is 3. The standard InChI is InChI=1S/C27H27F3N6O4S/c1-17-14-32-21(12-19-5-9-36-23(18(19)2)33-34-25(36)27(28,29)30)13-20(17)15-35-16-26(6-10-39-11-7-26)40-24-22(41(35,37)38)4-3-8-31-24/h3-5,8-9,13-14H,6-7,10-12,15-16H2,1-2H3. The van der Waals surface area contributed by atoms with Gasteiger partial charge in [0.25, 0.3) is 0 Å². The van der Waals surface area contributed by atoms with Gasteiger partial charge < -0.3 is 9.47 Å². The smallest absolute Gasteiger partial charge is 0.452 e. The van der Waals surface area contributed by atoms with Crippen LogP contribution in [0.5, 0.6) is 5.88 Å². The van der Waals surface area contributed by atoms with E-state index in [1.807, 2.05) is 13.0 Å². The van der Waals surface area contributed by atoms with Gasteiger partial charge in [-0.25, -0.2) is 13.4 Å². The first-order valence-electron chi connectivity index (χ1n) is 13.0. The molecular formula is C27H27F3N6O4S. The number of aromatic nitrogens is 5. The number of sulfonamides is 1. The summed E-state index contributed by atoms with van der Waals surface area (Å²) in [6, 6.07) is 6.51. The Labute approximate surface area is 234 Å². The first-order chi connectivity index (χ1) is 19.5. The average molecular weight is 589 g/mol. The van der Waals surface area contributed by atoms with Crippen molar-refractivity contribution in [3.63, 3.8) is 0 Å². The Kier molecular flexibility index (Phi) is 6.74. The molecule has 4 aromatic heterocycles. The van der Waals surface area contributed by atoms with E-state index in [1.54, 1.807) is 25.3 Å². The second-order valence-corrected chi connectivity index (χ2v) is 12.3. The van der Waals surface area contributed by atoms with Gasteiger partial charge in [0.1, 0.15) is 10.5 Å². The summed E-state index contributed by atoms with van der Waals surface area (Å²) in [6.45, 7) is 4.68. The van der Waals surface area contributed by atoms with E-state index in [4.69, 9.17) is 9.47 Å². The van der Waals surface area contributed by atoms with Crippen molar-refractivity contribution >= 4 is 15.7 Å². The monoisotopic (exact) mass is 588 g/mol. The minimum atomic E-state index is -4.63. The molecule has 0 bridgehead atoms. The number of hydrogen-bond donors (Lipinski definition) is 0. The molecule has 2 aliphatic rings. The van der Waals surface area contributed by atoms with Crippen LogP contribution in [0, 0.1) is 13.8 Å². The molecule has 0 atom stereocenters. The van der Waals surface area contributed by atoms with Crippen LogP contribution in [0.3, 0.4) is 0 Å². The maximum atomic E-state index is 13.8. The molecule has 0 unspecified atom stereocenters. The van der Waals surface area contributed by atoms with Crippen LogP contribution in [-0.4, -0.2) is 62.6 Å². The topological polar surface area (TPSA) is 112 Å². The fourth-order valence-corrected chi connectivity index (χ4v) is 6.91. The second-order valence-electron chi connectivity index (χ2n) is 10.4. The van der Waals surface area contributed by atoms with E-state index in [2.05, 4.69) is 20.2 Å². The van der Waals surface area contributed by atoms with Crippen molar-refractivity contribution in [1.82, 2.24) is 28.9 Å². The highest BCUT2D eigenvalue weighted by Crippen LogP contribution is 2.38. The molecule has 0 radical (unpaired) electrons. The zero-order chi connectivity index (χ0) is 29.0. The first-order valence-corrected chi connectivity index (χ1v) is 14.5. The van der Waals surface area contributed by atoms with Crippen molar-refractivity contribution in [3.05, 3.63) is 76.6 Å². The summed E-state index contributed by atoms with van der Waals surface area (Å²) >= 11 is 0. The minimum Gasteiger partial charge on any atom is -0.468 e. The molecule has 0 saturated carbocycles. The van der Waals surface area contributed by atoms with Crippen molar-refractivity contribution in [3.8, 4) is 5.88 Å². The quantitative estimate of drug-likeness (QED) is 0.353. The van der Waals surface area contributed by atoms with Gasteiger partial charge in [0.05, 0.1) is 19.8 Å². The largest absolute Gasteiger partial charge is 0.468 e. The molecule has 1 fully saturated rings. The summed E-state index contributed by atoms with van der Waals surface area (Å²) < 4.78 is 81.7. The second kappa shape index (κ2) is 10.0. The molecule has 0 N–H and O–H groups in total. The molecule has 0 aromatic carbocycles. The fourth-order valence-electron chi connectivity index (χ4n) is 5.35. The first kappa shape index (κ1) is 27.5. The molecule has 2 aliphatic heterocycles. The van der Waals surface area contributed by atoms with E-state index >= 15 is 0 Å². The molecule has 0 amide bonds. The fraction of sp³-hybridized carbons (Fsp3) is 0.407. The molecule has 1 saturated heterocycles. The molecule has 41 heavy (non-hydrogen) atoms. The van der Waals surface area contributed by atoms with E-state index in [1.165, 1.54) is 22.8 Å². The molecule has 6 rings (SSSR count). The molecule has 4 aromatic rings. The van der Waals surface area contributed by atoms with Crippen molar-refractivity contribution in [1.29, 1.82) is 0 Å². The average Bonchev–Trinajstić information content (AvgIpc) is 3.35. The summed E-state index contributed by atoms with van der Waals surface area (Å²) in [5, 5.41) is 7.08. The number of nitrogens with zero attached hydrogens (tertiary/aromatic N) is 6. The van der Waals surface area contributed by atoms with Crippen molar-refractivity contribution in [2.45, 2.75) is 56.3 Å². The maximum absolute atomic E-state index is 13.8. The van der Waals surface area contributed by atoms with Crippen LogP contribution in [0.1, 0.15) is 46.6 Å². The summed E-state index contributed by atoms with van der Waals surface area (Å²) in [6.07, 6.45) is 1.23. The highest BCUT2D eigenvalue weighted by molar-refractivity contribution is 7.89. The third kappa shape index (κ3) is 5.04. The predicted octanol–water partition coefficient (Wildman–Crippen LogP) is 3.88. The summed E-state index contributed by atoms with van der Waals surface area (Å²) in [4.78, 5) is 8.78. The highest BCUT2D eigenvalue weighted by atomic mass is 32.2. The minimum absolute atomic E-state index is 0.0192. The molecule has 216 valence electrons. The van der Waals surface area contributed by atoms with Crippen LogP contribution in [0.4, 0.5) is 13.2 Å². The van der Waals surface area contributed by atoms with Gasteiger partial charge in [-0.3, -0.25) is 9.38 Å². The Morgan fingerprint density at radius 2 is 1.85 bits per heavy atom. The Morgan fingerprint density at radius 3 is 2.61 bits per heavy atom. The number of ether oxygens (including phenoxy) is 2. The van der Waals surface area contributed by atoms with Gasteiger partial charge in [-0.05, 0) is 60.4 Å². The van der Waals surface area contributed by atoms with E-state index < -0.39 is 27.6 Å². The van der Waals surface area contributed by atoms with E-state index in [-0.39, 0.29) is 29.5 Å². The molecule has 6 heterocycles. The summed E-state index contributed by atoms with van der Waals surface area (Å²) in [5.41, 5.74) is 2.84. The lowest BCUT2D eigenvalue weighted by Gasteiger charge is -2.38. The lowest BCUT2D eigenvalue weighted by atomic mass is 9.93. The number of pyridine rings is 3. The number of aryl methyl sites for hydroxylation is 2. The number of hydrogen-bond acceptors (Lipinski definition) is 8. The van der Waals surface area contributed by atoms with Gasteiger partial charge in [-0.1, -0.05) is 0 Å². The SMILES string of the molecule is Cc1cnc(Cc2ccn3c(C(F)(F)F)nnc3c2C)cc1CN1CC2(CCOCC2)Oc2ncccc2S1(=O)=O. The Hall–Kier alpha value is -3.62. The van der Waals surface area contributed by atoms with Crippen LogP contribution < -0.4 is 4.74 Å². The predicted molar refractivity (Wildman–Crippen MR) is 140 cm³/mol. The third-order valence-electron chi connectivity index (χ3n) is 7.72. The molecular weight excluding hydrogens is 561 g/mol. The Morgan fingerprint density at radius 1 is 1.07 bits per heavy atom. The van der Waals surface area contributed by atoms with Crippen molar-refractivity contribution in [2.24, 2.45) is 0 Å². The van der Waals surface area contributed by atoms with E-state index in [9.17, 15) is 21.6 Å². The van der Waals surface area contributed by atoms with Gasteiger partial charge in [0.2, 0.25) is 21.7 Å². The van der Waals surface area contributed by atoms with Crippen LogP contribution >= 0.6 is 0 Å². The molecule has 0 aliphatic carbocycles. The van der Waals surface area contributed by atoms with Crippen molar-refractivity contribution < 1.29 is 31.1 Å². The van der Waals surface area contributed by atoms with Gasteiger partial charge in [0, 0.05) is 50.1 Å². The Bertz CT molecular complexity index is 1730. The van der Waals surface area contributed by atoms with E-state index in [0.29, 0.717) is 43.7 Å². The van der Waals surface area contributed by atoms with Crippen LogP contribution in [0.15, 0.2) is 47.8 Å². The normalized spacial score (nSPS) is 18.7.